The van der Waals surface area contributed by atoms with Crippen molar-refractivity contribution in [2.75, 3.05) is 26.9 Å². The van der Waals surface area contributed by atoms with Gasteiger partial charge in [0, 0.05) is 20.1 Å². The number of benzene rings is 1. The Kier molecular flexibility index (Phi) is 5.14. The second kappa shape index (κ2) is 7.30. The average molecular weight is 333 g/mol. The number of guanidine groups is 1. The molecule has 1 aromatic rings. The van der Waals surface area contributed by atoms with Crippen LogP contribution < -0.4 is 14.8 Å². The van der Waals surface area contributed by atoms with Crippen LogP contribution in [0.4, 0.5) is 0 Å². The van der Waals surface area contributed by atoms with Crippen LogP contribution in [-0.2, 0) is 6.54 Å². The predicted molar refractivity (Wildman–Crippen MR) is 93.4 cm³/mol. The highest BCUT2D eigenvalue weighted by Crippen LogP contribution is 2.33. The fraction of sp³-hybridized carbons (Fsp3) is 0.611. The van der Waals surface area contributed by atoms with E-state index in [1.807, 2.05) is 32.2 Å². The number of rotatable bonds is 5. The highest BCUT2D eigenvalue weighted by Gasteiger charge is 2.31. The number of hydrogen-bond acceptors (Lipinski definition) is 4. The first kappa shape index (κ1) is 16.9. The Hall–Kier alpha value is -1.95. The number of nitrogens with zero attached hydrogens (tertiary/aromatic N) is 2. The van der Waals surface area contributed by atoms with Crippen molar-refractivity contribution < 1.29 is 14.6 Å². The maximum Gasteiger partial charge on any atom is 0.231 e. The summed E-state index contributed by atoms with van der Waals surface area (Å²) in [6.45, 7) is 4.30. The Bertz CT molecular complexity index is 597. The van der Waals surface area contributed by atoms with Gasteiger partial charge in [0.05, 0.1) is 12.1 Å². The van der Waals surface area contributed by atoms with Crippen LogP contribution in [0.1, 0.15) is 38.2 Å². The molecule has 1 aliphatic carbocycles. The van der Waals surface area contributed by atoms with Gasteiger partial charge in [0.1, 0.15) is 0 Å². The van der Waals surface area contributed by atoms with E-state index in [4.69, 9.17) is 9.47 Å². The molecule has 132 valence electrons. The van der Waals surface area contributed by atoms with E-state index in [2.05, 4.69) is 15.2 Å². The molecule has 1 heterocycles. The molecule has 0 radical (unpaired) electrons. The van der Waals surface area contributed by atoms with Crippen molar-refractivity contribution in [1.29, 1.82) is 0 Å². The van der Waals surface area contributed by atoms with Gasteiger partial charge in [-0.25, -0.2) is 0 Å². The van der Waals surface area contributed by atoms with E-state index in [0.29, 0.717) is 13.1 Å². The minimum atomic E-state index is -0.625. The first-order chi connectivity index (χ1) is 11.6. The summed E-state index contributed by atoms with van der Waals surface area (Å²) in [4.78, 5) is 6.73. The molecule has 1 aliphatic heterocycles. The first-order valence-electron chi connectivity index (χ1n) is 8.70. The van der Waals surface area contributed by atoms with Gasteiger partial charge >= 0.3 is 0 Å². The molecule has 0 saturated heterocycles. The summed E-state index contributed by atoms with van der Waals surface area (Å²) in [7, 11) is 2.00. The fourth-order valence-electron chi connectivity index (χ4n) is 3.27. The molecule has 6 nitrogen and oxygen atoms in total. The van der Waals surface area contributed by atoms with Crippen molar-refractivity contribution in [2.45, 2.75) is 44.8 Å². The lowest BCUT2D eigenvalue weighted by Gasteiger charge is -2.25. The predicted octanol–water partition coefficient (Wildman–Crippen LogP) is 2.12. The molecule has 3 rings (SSSR count). The number of nitrogens with one attached hydrogen (secondary N) is 1. The summed E-state index contributed by atoms with van der Waals surface area (Å²) >= 11 is 0. The van der Waals surface area contributed by atoms with Gasteiger partial charge in [-0.2, -0.15) is 0 Å². The molecule has 0 spiro atoms. The van der Waals surface area contributed by atoms with Gasteiger partial charge in [0.15, 0.2) is 17.5 Å². The van der Waals surface area contributed by atoms with Crippen LogP contribution in [0.2, 0.25) is 0 Å². The van der Waals surface area contributed by atoms with Gasteiger partial charge in [0.2, 0.25) is 6.79 Å². The number of aliphatic hydroxyl groups is 1. The molecule has 1 fully saturated rings. The summed E-state index contributed by atoms with van der Waals surface area (Å²) in [6, 6.07) is 5.99. The molecule has 0 amide bonds. The molecular weight excluding hydrogens is 306 g/mol. The molecule has 0 unspecified atom stereocenters. The zero-order chi connectivity index (χ0) is 17.0. The highest BCUT2D eigenvalue weighted by atomic mass is 16.7. The van der Waals surface area contributed by atoms with Crippen molar-refractivity contribution in [3.63, 3.8) is 0 Å². The van der Waals surface area contributed by atoms with E-state index in [9.17, 15) is 5.11 Å². The van der Waals surface area contributed by atoms with Crippen molar-refractivity contribution in [1.82, 2.24) is 10.2 Å². The maximum atomic E-state index is 10.5. The Morgan fingerprint density at radius 2 is 2.04 bits per heavy atom. The number of hydrogen-bond donors (Lipinski definition) is 2. The van der Waals surface area contributed by atoms with E-state index in [0.717, 1.165) is 55.3 Å². The topological polar surface area (TPSA) is 66.3 Å². The van der Waals surface area contributed by atoms with Crippen LogP contribution in [0, 0.1) is 0 Å². The van der Waals surface area contributed by atoms with Gasteiger partial charge in [-0.1, -0.05) is 18.9 Å². The van der Waals surface area contributed by atoms with E-state index in [-0.39, 0.29) is 6.79 Å². The van der Waals surface area contributed by atoms with Gasteiger partial charge in [-0.15, -0.1) is 0 Å². The minimum Gasteiger partial charge on any atom is -0.454 e. The molecular formula is C18H27N3O3. The van der Waals surface area contributed by atoms with Crippen molar-refractivity contribution in [3.05, 3.63) is 23.8 Å². The summed E-state index contributed by atoms with van der Waals surface area (Å²) in [5, 5.41) is 13.8. The Morgan fingerprint density at radius 3 is 2.79 bits per heavy atom. The SMILES string of the molecule is CCNC(=NCC1(O)CCCC1)N(C)Cc1ccc2c(c1)OCO2. The second-order valence-corrected chi connectivity index (χ2v) is 6.65. The largest absolute Gasteiger partial charge is 0.454 e. The second-order valence-electron chi connectivity index (χ2n) is 6.65. The van der Waals surface area contributed by atoms with E-state index in [1.54, 1.807) is 0 Å². The Labute approximate surface area is 143 Å². The zero-order valence-corrected chi connectivity index (χ0v) is 14.5. The van der Waals surface area contributed by atoms with Crippen molar-refractivity contribution in [2.24, 2.45) is 4.99 Å². The molecule has 0 atom stereocenters. The maximum absolute atomic E-state index is 10.5. The molecule has 24 heavy (non-hydrogen) atoms. The smallest absolute Gasteiger partial charge is 0.231 e. The normalized spacial score (nSPS) is 18.7. The van der Waals surface area contributed by atoms with E-state index >= 15 is 0 Å². The number of fused-ring (bicyclic) bond motifs is 1. The fourth-order valence-corrected chi connectivity index (χ4v) is 3.27. The molecule has 2 aliphatic rings. The molecule has 0 bridgehead atoms. The summed E-state index contributed by atoms with van der Waals surface area (Å²) in [5.74, 6) is 2.41. The van der Waals surface area contributed by atoms with Crippen LogP contribution in [-0.4, -0.2) is 48.5 Å². The molecule has 1 saturated carbocycles. The van der Waals surface area contributed by atoms with Gasteiger partial charge in [-0.3, -0.25) is 4.99 Å². The lowest BCUT2D eigenvalue weighted by molar-refractivity contribution is 0.0572. The Morgan fingerprint density at radius 1 is 1.29 bits per heavy atom. The minimum absolute atomic E-state index is 0.289. The monoisotopic (exact) mass is 333 g/mol. The molecule has 2 N–H and O–H groups in total. The number of ether oxygens (including phenoxy) is 2. The van der Waals surface area contributed by atoms with Crippen LogP contribution in [0.5, 0.6) is 11.5 Å². The van der Waals surface area contributed by atoms with Gasteiger partial charge < -0.3 is 24.8 Å². The third kappa shape index (κ3) is 3.93. The standard InChI is InChI=1S/C18H27N3O3/c1-3-19-17(20-12-18(22)8-4-5-9-18)21(2)11-14-6-7-15-16(10-14)24-13-23-15/h6-7,10,22H,3-5,8-9,11-13H2,1-2H3,(H,19,20). The van der Waals surface area contributed by atoms with Crippen molar-refractivity contribution in [3.8, 4) is 11.5 Å². The lowest BCUT2D eigenvalue weighted by Crippen LogP contribution is -2.40. The third-order valence-corrected chi connectivity index (χ3v) is 4.61. The average Bonchev–Trinajstić information content (AvgIpc) is 3.20. The van der Waals surface area contributed by atoms with Crippen LogP contribution in [0.15, 0.2) is 23.2 Å². The highest BCUT2D eigenvalue weighted by molar-refractivity contribution is 5.79. The quantitative estimate of drug-likeness (QED) is 0.638. The van der Waals surface area contributed by atoms with Crippen molar-refractivity contribution >= 4 is 5.96 Å². The van der Waals surface area contributed by atoms with E-state index < -0.39 is 5.60 Å². The molecule has 0 aromatic heterocycles. The Balaban J connectivity index is 1.66. The molecule has 1 aromatic carbocycles. The lowest BCUT2D eigenvalue weighted by atomic mass is 10.0. The summed E-state index contributed by atoms with van der Waals surface area (Å²) in [5.41, 5.74) is 0.507. The van der Waals surface area contributed by atoms with E-state index in [1.165, 1.54) is 0 Å². The number of aliphatic imine (C=N–C) groups is 1. The van der Waals surface area contributed by atoms with Crippen LogP contribution in [0.25, 0.3) is 0 Å². The summed E-state index contributed by atoms with van der Waals surface area (Å²) in [6.07, 6.45) is 3.88. The third-order valence-electron chi connectivity index (χ3n) is 4.61. The first-order valence-corrected chi connectivity index (χ1v) is 8.70. The van der Waals surface area contributed by atoms with Gasteiger partial charge in [-0.05, 0) is 37.5 Å². The van der Waals surface area contributed by atoms with Crippen LogP contribution in [0.3, 0.4) is 0 Å². The molecule has 6 heteroatoms. The summed E-state index contributed by atoms with van der Waals surface area (Å²) < 4.78 is 10.8. The zero-order valence-electron chi connectivity index (χ0n) is 14.5. The van der Waals surface area contributed by atoms with Gasteiger partial charge in [0.25, 0.3) is 0 Å². The van der Waals surface area contributed by atoms with Crippen LogP contribution >= 0.6 is 0 Å².